The van der Waals surface area contributed by atoms with Gasteiger partial charge in [0.05, 0.1) is 25.3 Å². The van der Waals surface area contributed by atoms with Crippen molar-refractivity contribution >= 4 is 10.9 Å². The van der Waals surface area contributed by atoms with E-state index >= 15 is 0 Å². The summed E-state index contributed by atoms with van der Waals surface area (Å²) in [5.41, 5.74) is 5.11. The van der Waals surface area contributed by atoms with Gasteiger partial charge in [0.25, 0.3) is 0 Å². The van der Waals surface area contributed by atoms with E-state index in [0.29, 0.717) is 25.7 Å². The lowest BCUT2D eigenvalue weighted by atomic mass is 9.93. The molecule has 2 aliphatic rings. The molecule has 0 saturated carbocycles. The van der Waals surface area contributed by atoms with Crippen LogP contribution < -0.4 is 10.1 Å². The zero-order valence-corrected chi connectivity index (χ0v) is 16.2. The predicted octanol–water partition coefficient (Wildman–Crippen LogP) is 2.90. The molecule has 5 rings (SSSR count). The van der Waals surface area contributed by atoms with E-state index in [1.54, 1.807) is 0 Å². The Morgan fingerprint density at radius 2 is 2.07 bits per heavy atom. The number of aromatic nitrogens is 2. The Labute approximate surface area is 169 Å². The normalized spacial score (nSPS) is 22.9. The van der Waals surface area contributed by atoms with E-state index in [0.717, 1.165) is 59.5 Å². The lowest BCUT2D eigenvalue weighted by Gasteiger charge is -2.16. The summed E-state index contributed by atoms with van der Waals surface area (Å²) in [6.07, 6.45) is 0.754. The summed E-state index contributed by atoms with van der Waals surface area (Å²) in [5, 5.41) is 21.8. The second-order valence-electron chi connectivity index (χ2n) is 7.62. The van der Waals surface area contributed by atoms with Crippen LogP contribution in [0.1, 0.15) is 29.9 Å². The van der Waals surface area contributed by atoms with Crippen LogP contribution in [0.4, 0.5) is 0 Å². The number of hydrogen-bond acceptors (Lipinski definition) is 6. The molecular weight excluding hydrogens is 370 g/mol. The quantitative estimate of drug-likeness (QED) is 0.587. The van der Waals surface area contributed by atoms with Crippen LogP contribution in [0.5, 0.6) is 5.75 Å². The average Bonchev–Trinajstić information content (AvgIpc) is 3.41. The third-order valence-corrected chi connectivity index (χ3v) is 5.54. The summed E-state index contributed by atoms with van der Waals surface area (Å²) >= 11 is 0. The molecule has 0 aliphatic carbocycles. The molecule has 7 heteroatoms. The van der Waals surface area contributed by atoms with Crippen molar-refractivity contribution in [3.05, 3.63) is 47.5 Å². The molecule has 2 aromatic carbocycles. The number of benzene rings is 2. The van der Waals surface area contributed by atoms with Crippen molar-refractivity contribution in [1.82, 2.24) is 15.5 Å². The van der Waals surface area contributed by atoms with Gasteiger partial charge in [0.2, 0.25) is 6.41 Å². The Morgan fingerprint density at radius 3 is 2.97 bits per heavy atom. The molecule has 2 unspecified atom stereocenters. The molecule has 3 N–H and O–H groups in total. The molecule has 4 bridgehead atoms. The molecular formula is C22H25N3O4. The van der Waals surface area contributed by atoms with Crippen LogP contribution in [0.15, 0.2) is 36.4 Å². The van der Waals surface area contributed by atoms with Crippen molar-refractivity contribution in [1.29, 1.82) is 0 Å². The molecule has 1 aromatic heterocycles. The molecule has 1 fully saturated rings. The Bertz CT molecular complexity index is 997. The van der Waals surface area contributed by atoms with Crippen molar-refractivity contribution in [2.75, 3.05) is 26.4 Å². The fourth-order valence-corrected chi connectivity index (χ4v) is 4.00. The lowest BCUT2D eigenvalue weighted by molar-refractivity contribution is -0.128. The maximum Gasteiger partial charge on any atom is 0.213 e. The topological polar surface area (TPSA) is 88.6 Å². The monoisotopic (exact) mass is 395 g/mol. The Kier molecular flexibility index (Phi) is 5.20. The summed E-state index contributed by atoms with van der Waals surface area (Å²) in [6, 6.07) is 12.4. The molecule has 0 spiro atoms. The maximum atomic E-state index is 10.1. The standard InChI is InChI=1S/C22H25N3O4/c26-22-23-5-1-6-28-18-2-3-20-19(11-18)21(25-24-20)17-9-14(12-29-22)8-16(10-17)15-4-7-27-13-15/h2-3,8-11,15,22-23,26H,1,4-7,12-13H2,(H,24,25). The third-order valence-electron chi connectivity index (χ3n) is 5.54. The first-order chi connectivity index (χ1) is 14.3. The maximum absolute atomic E-state index is 10.1. The van der Waals surface area contributed by atoms with Gasteiger partial charge in [-0.2, -0.15) is 5.10 Å². The Morgan fingerprint density at radius 1 is 1.10 bits per heavy atom. The highest BCUT2D eigenvalue weighted by Gasteiger charge is 2.20. The minimum atomic E-state index is -1.01. The van der Waals surface area contributed by atoms with Gasteiger partial charge in [-0.05, 0) is 54.3 Å². The van der Waals surface area contributed by atoms with E-state index < -0.39 is 6.41 Å². The van der Waals surface area contributed by atoms with E-state index in [9.17, 15) is 5.11 Å². The van der Waals surface area contributed by atoms with Gasteiger partial charge in [-0.25, -0.2) is 0 Å². The number of aromatic amines is 1. The van der Waals surface area contributed by atoms with Crippen LogP contribution in [-0.2, 0) is 16.1 Å². The largest absolute Gasteiger partial charge is 0.494 e. The van der Waals surface area contributed by atoms with Gasteiger partial charge in [-0.1, -0.05) is 6.07 Å². The molecule has 0 amide bonds. The second-order valence-corrected chi connectivity index (χ2v) is 7.62. The van der Waals surface area contributed by atoms with Crippen LogP contribution in [0.25, 0.3) is 22.2 Å². The number of H-pyrrole nitrogens is 1. The molecule has 7 nitrogen and oxygen atoms in total. The number of aliphatic hydroxyl groups excluding tert-OH is 1. The van der Waals surface area contributed by atoms with E-state index in [4.69, 9.17) is 14.2 Å². The van der Waals surface area contributed by atoms with E-state index in [-0.39, 0.29) is 0 Å². The van der Waals surface area contributed by atoms with Gasteiger partial charge in [0.15, 0.2) is 0 Å². The Balaban J connectivity index is 1.60. The first-order valence-corrected chi connectivity index (χ1v) is 10.1. The van der Waals surface area contributed by atoms with Crippen molar-refractivity contribution in [3.63, 3.8) is 0 Å². The fourth-order valence-electron chi connectivity index (χ4n) is 4.00. The van der Waals surface area contributed by atoms with E-state index in [1.807, 2.05) is 18.2 Å². The highest BCUT2D eigenvalue weighted by atomic mass is 16.6. The molecule has 29 heavy (non-hydrogen) atoms. The van der Waals surface area contributed by atoms with E-state index in [2.05, 4.69) is 33.7 Å². The van der Waals surface area contributed by atoms with Crippen molar-refractivity contribution in [3.8, 4) is 17.0 Å². The van der Waals surface area contributed by atoms with E-state index in [1.165, 1.54) is 5.56 Å². The summed E-state index contributed by atoms with van der Waals surface area (Å²) in [5.74, 6) is 1.18. The third kappa shape index (κ3) is 4.00. The summed E-state index contributed by atoms with van der Waals surface area (Å²) < 4.78 is 17.1. The van der Waals surface area contributed by atoms with Crippen LogP contribution in [-0.4, -0.2) is 48.1 Å². The highest BCUT2D eigenvalue weighted by molar-refractivity contribution is 5.94. The minimum absolute atomic E-state index is 0.312. The van der Waals surface area contributed by atoms with Crippen LogP contribution in [0.3, 0.4) is 0 Å². The number of rotatable bonds is 1. The Hall–Kier alpha value is -2.45. The van der Waals surface area contributed by atoms with Gasteiger partial charge in [0, 0.05) is 30.0 Å². The molecule has 3 aromatic rings. The predicted molar refractivity (Wildman–Crippen MR) is 109 cm³/mol. The smallest absolute Gasteiger partial charge is 0.213 e. The molecule has 2 atom stereocenters. The number of fused-ring (bicyclic) bond motifs is 4. The average molecular weight is 395 g/mol. The molecule has 1 saturated heterocycles. The van der Waals surface area contributed by atoms with Crippen molar-refractivity contribution in [2.45, 2.75) is 31.8 Å². The molecule has 0 radical (unpaired) electrons. The lowest BCUT2D eigenvalue weighted by Crippen LogP contribution is -2.32. The molecule has 152 valence electrons. The van der Waals surface area contributed by atoms with Crippen LogP contribution in [0, 0.1) is 0 Å². The zero-order valence-electron chi connectivity index (χ0n) is 16.2. The van der Waals surface area contributed by atoms with Crippen molar-refractivity contribution in [2.24, 2.45) is 0 Å². The zero-order chi connectivity index (χ0) is 19.6. The summed E-state index contributed by atoms with van der Waals surface area (Å²) in [4.78, 5) is 0. The van der Waals surface area contributed by atoms with Gasteiger partial charge in [-0.15, -0.1) is 0 Å². The number of nitrogens with one attached hydrogen (secondary N) is 2. The second kappa shape index (κ2) is 8.12. The van der Waals surface area contributed by atoms with Gasteiger partial charge in [0.1, 0.15) is 11.4 Å². The van der Waals surface area contributed by atoms with Gasteiger partial charge < -0.3 is 19.3 Å². The van der Waals surface area contributed by atoms with Crippen molar-refractivity contribution < 1.29 is 19.3 Å². The molecule has 2 aliphatic heterocycles. The fraction of sp³-hybridized carbons (Fsp3) is 0.409. The first kappa shape index (κ1) is 18.6. The summed E-state index contributed by atoms with van der Waals surface area (Å²) in [7, 11) is 0. The highest BCUT2D eigenvalue weighted by Crippen LogP contribution is 2.34. The number of hydrogen-bond donors (Lipinski definition) is 3. The number of aliphatic hydroxyl groups is 1. The van der Waals surface area contributed by atoms with Crippen LogP contribution in [0.2, 0.25) is 0 Å². The van der Waals surface area contributed by atoms with Crippen LogP contribution >= 0.6 is 0 Å². The summed E-state index contributed by atoms with van der Waals surface area (Å²) in [6.45, 7) is 2.98. The number of ether oxygens (including phenoxy) is 3. The first-order valence-electron chi connectivity index (χ1n) is 10.1. The van der Waals surface area contributed by atoms with Gasteiger partial charge in [-0.3, -0.25) is 10.4 Å². The molecule has 3 heterocycles. The van der Waals surface area contributed by atoms with Gasteiger partial charge >= 0.3 is 0 Å². The number of nitrogens with zero attached hydrogens (tertiary/aromatic N) is 1. The SMILES string of the molecule is OC1NCCCOc2ccc3[nH]nc(c3c2)-c2cc(cc(C3CCOC3)c2)CO1. The minimum Gasteiger partial charge on any atom is -0.494 e.